The van der Waals surface area contributed by atoms with Gasteiger partial charge in [-0.3, -0.25) is 0 Å². The molecular formula is C25H26F8O. The molecule has 1 fully saturated rings. The molecule has 0 saturated heterocycles. The zero-order chi connectivity index (χ0) is 25.1. The van der Waals surface area contributed by atoms with Crippen LogP contribution in [0.5, 0.6) is 5.75 Å². The molecule has 34 heavy (non-hydrogen) atoms. The van der Waals surface area contributed by atoms with Gasteiger partial charge in [0.2, 0.25) is 0 Å². The van der Waals surface area contributed by atoms with E-state index < -0.39 is 53.7 Å². The summed E-state index contributed by atoms with van der Waals surface area (Å²) in [6.07, 6.45) is -6.90. The molecule has 0 aliphatic heterocycles. The summed E-state index contributed by atoms with van der Waals surface area (Å²) in [7, 11) is 0. The smallest absolute Gasteiger partial charge is 0.422 e. The number of alkyl halides is 6. The molecule has 0 N–H and O–H groups in total. The highest BCUT2D eigenvalue weighted by molar-refractivity contribution is 5.32. The van der Waals surface area contributed by atoms with Gasteiger partial charge in [0.15, 0.2) is 17.4 Å². The fourth-order valence-electron chi connectivity index (χ4n) is 4.50. The molecule has 0 aromatic heterocycles. The van der Waals surface area contributed by atoms with Crippen molar-refractivity contribution in [3.63, 3.8) is 0 Å². The number of aryl methyl sites for hydroxylation is 1. The first-order chi connectivity index (χ1) is 15.9. The van der Waals surface area contributed by atoms with Crippen LogP contribution in [0.2, 0.25) is 0 Å². The summed E-state index contributed by atoms with van der Waals surface area (Å²) in [4.78, 5) is 0. The molecule has 1 saturated carbocycles. The van der Waals surface area contributed by atoms with Crippen LogP contribution in [0.15, 0.2) is 36.4 Å². The lowest BCUT2D eigenvalue weighted by Crippen LogP contribution is -2.34. The van der Waals surface area contributed by atoms with Crippen molar-refractivity contribution >= 4 is 0 Å². The minimum atomic E-state index is -5.12. The van der Waals surface area contributed by atoms with Gasteiger partial charge in [-0.1, -0.05) is 37.6 Å². The molecule has 9 heteroatoms. The first-order valence-corrected chi connectivity index (χ1v) is 11.2. The second-order valence-corrected chi connectivity index (χ2v) is 8.83. The van der Waals surface area contributed by atoms with Crippen LogP contribution in [-0.4, -0.2) is 18.5 Å². The average Bonchev–Trinajstić information content (AvgIpc) is 2.77. The van der Waals surface area contributed by atoms with Crippen LogP contribution in [0.3, 0.4) is 0 Å². The van der Waals surface area contributed by atoms with Crippen molar-refractivity contribution in [1.82, 2.24) is 0 Å². The zero-order valence-corrected chi connectivity index (χ0v) is 18.6. The second kappa shape index (κ2) is 10.5. The molecule has 1 aliphatic carbocycles. The summed E-state index contributed by atoms with van der Waals surface area (Å²) >= 11 is 0. The summed E-state index contributed by atoms with van der Waals surface area (Å²) in [5, 5.41) is 0. The molecule has 3 rings (SSSR count). The standard InChI is InChI=1S/C25H26F8O/c1-2-3-15-4-6-17(7-5-15)18-8-10-19(11-9-18)24(30,31)14-16-12-20(26)22(21(27)13-16)34-25(32,33)23(28)29/h4-7,12-13,18-19,23H,2-3,8-11,14H2,1H3. The predicted molar refractivity (Wildman–Crippen MR) is 112 cm³/mol. The van der Waals surface area contributed by atoms with Crippen LogP contribution in [0.1, 0.15) is 61.6 Å². The lowest BCUT2D eigenvalue weighted by atomic mass is 9.75. The molecular weight excluding hydrogens is 468 g/mol. The highest BCUT2D eigenvalue weighted by Gasteiger charge is 2.46. The Kier molecular flexibility index (Phi) is 8.14. The van der Waals surface area contributed by atoms with Crippen molar-refractivity contribution in [3.8, 4) is 5.75 Å². The van der Waals surface area contributed by atoms with Crippen molar-refractivity contribution in [2.45, 2.75) is 76.2 Å². The van der Waals surface area contributed by atoms with E-state index in [1.54, 1.807) is 0 Å². The van der Waals surface area contributed by atoms with Crippen LogP contribution in [0.25, 0.3) is 0 Å². The quantitative estimate of drug-likeness (QED) is 0.319. The van der Waals surface area contributed by atoms with E-state index in [0.29, 0.717) is 25.0 Å². The van der Waals surface area contributed by atoms with Crippen molar-refractivity contribution in [3.05, 3.63) is 64.7 Å². The molecule has 1 aliphatic rings. The normalized spacial score (nSPS) is 19.5. The van der Waals surface area contributed by atoms with E-state index >= 15 is 0 Å². The number of ether oxygens (including phenoxy) is 1. The Morgan fingerprint density at radius 3 is 1.94 bits per heavy atom. The van der Waals surface area contributed by atoms with E-state index in [9.17, 15) is 35.1 Å². The van der Waals surface area contributed by atoms with Crippen LogP contribution < -0.4 is 4.74 Å². The molecule has 1 nitrogen and oxygen atoms in total. The summed E-state index contributed by atoms with van der Waals surface area (Å²) in [5.41, 5.74) is 1.85. The Labute approximate surface area is 193 Å². The Bertz CT molecular complexity index is 927. The van der Waals surface area contributed by atoms with E-state index in [2.05, 4.69) is 11.7 Å². The lowest BCUT2D eigenvalue weighted by Gasteiger charge is -2.34. The SMILES string of the molecule is CCCc1ccc(C2CCC(C(F)(F)Cc3cc(F)c(OC(F)(F)C(F)F)c(F)c3)CC2)cc1. The third-order valence-electron chi connectivity index (χ3n) is 6.30. The third kappa shape index (κ3) is 6.21. The number of rotatable bonds is 9. The molecule has 188 valence electrons. The summed E-state index contributed by atoms with van der Waals surface area (Å²) < 4.78 is 112. The van der Waals surface area contributed by atoms with Crippen molar-refractivity contribution in [2.24, 2.45) is 5.92 Å². The molecule has 2 aromatic rings. The van der Waals surface area contributed by atoms with Crippen LogP contribution in [-0.2, 0) is 12.8 Å². The highest BCUT2D eigenvalue weighted by Crippen LogP contribution is 2.44. The molecule has 2 aromatic carbocycles. The van der Waals surface area contributed by atoms with E-state index in [4.69, 9.17) is 0 Å². The number of hydrogen-bond donors (Lipinski definition) is 0. The van der Waals surface area contributed by atoms with Crippen molar-refractivity contribution < 1.29 is 39.9 Å². The molecule has 0 amide bonds. The highest BCUT2D eigenvalue weighted by atomic mass is 19.3. The van der Waals surface area contributed by atoms with E-state index in [1.165, 1.54) is 5.56 Å². The van der Waals surface area contributed by atoms with Gasteiger partial charge >= 0.3 is 12.5 Å². The number of halogens is 8. The monoisotopic (exact) mass is 494 g/mol. The van der Waals surface area contributed by atoms with Gasteiger partial charge < -0.3 is 4.74 Å². The van der Waals surface area contributed by atoms with Gasteiger partial charge in [0.05, 0.1) is 0 Å². The summed E-state index contributed by atoms with van der Waals surface area (Å²) in [6, 6.07) is 8.98. The largest absolute Gasteiger partial charge is 0.461 e. The second-order valence-electron chi connectivity index (χ2n) is 8.83. The minimum Gasteiger partial charge on any atom is -0.422 e. The predicted octanol–water partition coefficient (Wildman–Crippen LogP) is 8.31. The molecule has 0 heterocycles. The fraction of sp³-hybridized carbons (Fsp3) is 0.520. The van der Waals surface area contributed by atoms with Gasteiger partial charge in [-0.2, -0.15) is 17.6 Å². The maximum Gasteiger partial charge on any atom is 0.461 e. The van der Waals surface area contributed by atoms with E-state index in [-0.39, 0.29) is 18.8 Å². The minimum absolute atomic E-state index is 0.158. The first-order valence-electron chi connectivity index (χ1n) is 11.2. The van der Waals surface area contributed by atoms with Gasteiger partial charge in [0, 0.05) is 12.3 Å². The van der Waals surface area contributed by atoms with Crippen LogP contribution >= 0.6 is 0 Å². The van der Waals surface area contributed by atoms with E-state index in [1.807, 2.05) is 24.3 Å². The van der Waals surface area contributed by atoms with E-state index in [0.717, 1.165) is 18.4 Å². The Hall–Kier alpha value is -2.32. The average molecular weight is 494 g/mol. The third-order valence-corrected chi connectivity index (χ3v) is 6.30. The van der Waals surface area contributed by atoms with Crippen molar-refractivity contribution in [1.29, 1.82) is 0 Å². The van der Waals surface area contributed by atoms with Gasteiger partial charge in [-0.25, -0.2) is 17.6 Å². The molecule has 0 bridgehead atoms. The number of benzene rings is 2. The molecule has 0 radical (unpaired) electrons. The lowest BCUT2D eigenvalue weighted by molar-refractivity contribution is -0.255. The zero-order valence-electron chi connectivity index (χ0n) is 18.6. The van der Waals surface area contributed by atoms with Gasteiger partial charge in [0.1, 0.15) is 0 Å². The summed E-state index contributed by atoms with van der Waals surface area (Å²) in [6.45, 7) is 2.09. The van der Waals surface area contributed by atoms with Crippen LogP contribution in [0.4, 0.5) is 35.1 Å². The first kappa shape index (κ1) is 26.3. The molecule has 0 spiro atoms. The number of hydrogen-bond acceptors (Lipinski definition) is 1. The molecule has 0 atom stereocenters. The maximum absolute atomic E-state index is 14.9. The summed E-state index contributed by atoms with van der Waals surface area (Å²) in [5.74, 6) is -9.37. The van der Waals surface area contributed by atoms with Gasteiger partial charge in [-0.05, 0) is 66.8 Å². The topological polar surface area (TPSA) is 9.23 Å². The Morgan fingerprint density at radius 1 is 0.882 bits per heavy atom. The van der Waals surface area contributed by atoms with Gasteiger partial charge in [0.25, 0.3) is 5.92 Å². The maximum atomic E-state index is 14.9. The Morgan fingerprint density at radius 2 is 1.44 bits per heavy atom. The van der Waals surface area contributed by atoms with Crippen molar-refractivity contribution in [2.75, 3.05) is 0 Å². The fourth-order valence-corrected chi connectivity index (χ4v) is 4.50. The van der Waals surface area contributed by atoms with Gasteiger partial charge in [-0.15, -0.1) is 0 Å². The van der Waals surface area contributed by atoms with Crippen LogP contribution in [0, 0.1) is 17.6 Å². The molecule has 0 unspecified atom stereocenters. The Balaban J connectivity index is 1.64.